The molecular weight excluding hydrogens is 256 g/mol. The van der Waals surface area contributed by atoms with Gasteiger partial charge in [-0.3, -0.25) is 4.79 Å². The van der Waals surface area contributed by atoms with Crippen LogP contribution in [0.4, 0.5) is 0 Å². The van der Waals surface area contributed by atoms with Gasteiger partial charge in [-0.2, -0.15) is 0 Å². The number of hydrogen-bond donors (Lipinski definition) is 2. The number of amides is 1. The number of nitrogens with zero attached hydrogens (tertiary/aromatic N) is 2. The van der Waals surface area contributed by atoms with Gasteiger partial charge in [0, 0.05) is 45.1 Å². The molecule has 5 nitrogen and oxygen atoms in total. The van der Waals surface area contributed by atoms with E-state index in [1.807, 2.05) is 11.9 Å². The fourth-order valence-electron chi connectivity index (χ4n) is 3.29. The number of carbonyl (C=O) groups is 1. The van der Waals surface area contributed by atoms with Crippen LogP contribution in [-0.2, 0) is 4.79 Å². The number of carbonyl (C=O) groups excluding carboxylic acids is 1. The molecule has 0 aromatic rings. The monoisotopic (exact) mass is 284 g/mol. The Labute approximate surface area is 121 Å². The van der Waals surface area contributed by atoms with Crippen LogP contribution in [0.15, 0.2) is 0 Å². The predicted octanol–water partition coefficient (Wildman–Crippen LogP) is 0.168. The first kappa shape index (κ1) is 15.7. The first-order valence-corrected chi connectivity index (χ1v) is 7.82. The maximum atomic E-state index is 12.3. The zero-order valence-corrected chi connectivity index (χ0v) is 12.5. The smallest absolute Gasteiger partial charge is 0.222 e. The highest BCUT2D eigenvalue weighted by molar-refractivity contribution is 5.76. The van der Waals surface area contributed by atoms with Crippen LogP contribution in [0.3, 0.4) is 0 Å². The van der Waals surface area contributed by atoms with Crippen LogP contribution in [0.1, 0.15) is 25.7 Å². The molecule has 0 aromatic carbocycles. The van der Waals surface area contributed by atoms with Gasteiger partial charge in [-0.25, -0.2) is 0 Å². The van der Waals surface area contributed by atoms with E-state index in [1.54, 1.807) is 0 Å². The van der Waals surface area contributed by atoms with Gasteiger partial charge >= 0.3 is 0 Å². The van der Waals surface area contributed by atoms with Crippen LogP contribution in [-0.4, -0.2) is 72.4 Å². The molecule has 0 bridgehead atoms. The molecule has 1 saturated carbocycles. The first-order valence-electron chi connectivity index (χ1n) is 7.82. The highest BCUT2D eigenvalue weighted by Gasteiger charge is 2.36. The van der Waals surface area contributed by atoms with Crippen molar-refractivity contribution in [2.24, 2.45) is 17.8 Å². The van der Waals surface area contributed by atoms with Crippen molar-refractivity contribution in [3.63, 3.8) is 0 Å². The molecule has 0 radical (unpaired) electrons. The van der Waals surface area contributed by atoms with Crippen LogP contribution < -0.4 is 0 Å². The third-order valence-corrected chi connectivity index (χ3v) is 4.88. The highest BCUT2D eigenvalue weighted by atomic mass is 16.3. The van der Waals surface area contributed by atoms with Crippen molar-refractivity contribution >= 4 is 5.91 Å². The minimum atomic E-state index is 0.144. The second kappa shape index (κ2) is 7.38. The molecule has 2 N–H and O–H groups in total. The minimum Gasteiger partial charge on any atom is -0.396 e. The van der Waals surface area contributed by atoms with Gasteiger partial charge in [-0.15, -0.1) is 0 Å². The van der Waals surface area contributed by atoms with Gasteiger partial charge in [-0.1, -0.05) is 6.42 Å². The Hall–Kier alpha value is -0.650. The Morgan fingerprint density at radius 3 is 2.50 bits per heavy atom. The molecule has 1 aliphatic carbocycles. The van der Waals surface area contributed by atoms with Crippen LogP contribution in [0.5, 0.6) is 0 Å². The normalized spacial score (nSPS) is 27.1. The summed E-state index contributed by atoms with van der Waals surface area (Å²) < 4.78 is 0. The molecule has 2 aliphatic rings. The summed E-state index contributed by atoms with van der Waals surface area (Å²) in [4.78, 5) is 16.3. The second-order valence-electron chi connectivity index (χ2n) is 6.49. The third-order valence-electron chi connectivity index (χ3n) is 4.88. The summed E-state index contributed by atoms with van der Waals surface area (Å²) >= 11 is 0. The maximum absolute atomic E-state index is 12.3. The number of aliphatic hydroxyl groups excluding tert-OH is 2. The van der Waals surface area contributed by atoms with Gasteiger partial charge in [0.1, 0.15) is 0 Å². The average molecular weight is 284 g/mol. The molecule has 20 heavy (non-hydrogen) atoms. The van der Waals surface area contributed by atoms with Gasteiger partial charge in [0.15, 0.2) is 0 Å². The van der Waals surface area contributed by atoms with Crippen molar-refractivity contribution in [1.82, 2.24) is 9.80 Å². The molecule has 1 aliphatic heterocycles. The van der Waals surface area contributed by atoms with Gasteiger partial charge in [-0.05, 0) is 31.7 Å². The molecule has 1 amide bonds. The lowest BCUT2D eigenvalue weighted by Gasteiger charge is -2.27. The van der Waals surface area contributed by atoms with E-state index in [0.29, 0.717) is 31.3 Å². The topological polar surface area (TPSA) is 64.0 Å². The van der Waals surface area contributed by atoms with Crippen LogP contribution in [0.25, 0.3) is 0 Å². The van der Waals surface area contributed by atoms with Gasteiger partial charge in [0.2, 0.25) is 5.91 Å². The van der Waals surface area contributed by atoms with Crippen LogP contribution in [0.2, 0.25) is 0 Å². The summed E-state index contributed by atoms with van der Waals surface area (Å²) in [6.07, 6.45) is 4.36. The minimum absolute atomic E-state index is 0.144. The Balaban J connectivity index is 1.82. The molecule has 2 unspecified atom stereocenters. The molecule has 116 valence electrons. The third kappa shape index (κ3) is 3.93. The predicted molar refractivity (Wildman–Crippen MR) is 77.2 cm³/mol. The summed E-state index contributed by atoms with van der Waals surface area (Å²) in [5.41, 5.74) is 0. The van der Waals surface area contributed by atoms with Crippen molar-refractivity contribution < 1.29 is 15.0 Å². The van der Waals surface area contributed by atoms with E-state index >= 15 is 0 Å². The Kier molecular flexibility index (Phi) is 5.81. The first-order chi connectivity index (χ1) is 9.63. The van der Waals surface area contributed by atoms with E-state index in [0.717, 1.165) is 13.1 Å². The largest absolute Gasteiger partial charge is 0.396 e. The lowest BCUT2D eigenvalue weighted by Crippen LogP contribution is -2.34. The van der Waals surface area contributed by atoms with Crippen molar-refractivity contribution in [1.29, 1.82) is 0 Å². The van der Waals surface area contributed by atoms with E-state index < -0.39 is 0 Å². The Morgan fingerprint density at radius 2 is 1.95 bits per heavy atom. The van der Waals surface area contributed by atoms with Crippen molar-refractivity contribution in [3.8, 4) is 0 Å². The van der Waals surface area contributed by atoms with E-state index in [-0.39, 0.29) is 25.0 Å². The van der Waals surface area contributed by atoms with Crippen molar-refractivity contribution in [2.75, 3.05) is 46.4 Å². The van der Waals surface area contributed by atoms with Crippen LogP contribution in [0, 0.1) is 17.8 Å². The quantitative estimate of drug-likeness (QED) is 0.699. The molecule has 1 saturated heterocycles. The van der Waals surface area contributed by atoms with Crippen molar-refractivity contribution in [2.45, 2.75) is 25.7 Å². The average Bonchev–Trinajstić information content (AvgIpc) is 2.77. The molecule has 2 atom stereocenters. The number of hydrogen-bond acceptors (Lipinski definition) is 4. The fraction of sp³-hybridized carbons (Fsp3) is 0.933. The molecule has 2 fully saturated rings. The molecule has 2 rings (SSSR count). The number of aliphatic hydroxyl groups is 2. The maximum Gasteiger partial charge on any atom is 0.222 e. The van der Waals surface area contributed by atoms with Gasteiger partial charge in [0.25, 0.3) is 0 Å². The Morgan fingerprint density at radius 1 is 1.25 bits per heavy atom. The number of likely N-dealkylation sites (N-methyl/N-ethyl adjacent to an activating group) is 1. The summed E-state index contributed by atoms with van der Waals surface area (Å²) in [7, 11) is 1.98. The zero-order chi connectivity index (χ0) is 14.5. The van der Waals surface area contributed by atoms with Gasteiger partial charge in [0.05, 0.1) is 6.61 Å². The molecule has 1 heterocycles. The summed E-state index contributed by atoms with van der Waals surface area (Å²) in [5, 5.41) is 18.5. The van der Waals surface area contributed by atoms with E-state index in [1.165, 1.54) is 19.3 Å². The Bertz CT molecular complexity index is 320. The fourth-order valence-corrected chi connectivity index (χ4v) is 3.29. The lowest BCUT2D eigenvalue weighted by molar-refractivity contribution is -0.132. The molecule has 0 spiro atoms. The van der Waals surface area contributed by atoms with E-state index in [2.05, 4.69) is 4.90 Å². The highest BCUT2D eigenvalue weighted by Crippen LogP contribution is 2.31. The molecule has 0 aromatic heterocycles. The SMILES string of the molecule is CN(CCO)CC1CN(C(=O)CC2CCC2)CC1CO. The number of rotatable bonds is 7. The van der Waals surface area contributed by atoms with E-state index in [9.17, 15) is 9.90 Å². The van der Waals surface area contributed by atoms with Crippen molar-refractivity contribution in [3.05, 3.63) is 0 Å². The summed E-state index contributed by atoms with van der Waals surface area (Å²) in [6, 6.07) is 0. The standard InChI is InChI=1S/C15H28N2O3/c1-16(5-6-18)8-13-9-17(10-14(13)11-19)15(20)7-12-3-2-4-12/h12-14,18-19H,2-11H2,1H3. The number of likely N-dealkylation sites (tertiary alicyclic amines) is 1. The molecule has 5 heteroatoms. The van der Waals surface area contributed by atoms with Crippen LogP contribution >= 0.6 is 0 Å². The molecular formula is C15H28N2O3. The van der Waals surface area contributed by atoms with E-state index in [4.69, 9.17) is 5.11 Å². The second-order valence-corrected chi connectivity index (χ2v) is 6.49. The lowest BCUT2D eigenvalue weighted by atomic mass is 9.83. The summed E-state index contributed by atoms with van der Waals surface area (Å²) in [5.74, 6) is 1.37. The van der Waals surface area contributed by atoms with Gasteiger partial charge < -0.3 is 20.0 Å². The zero-order valence-electron chi connectivity index (χ0n) is 12.5. The summed E-state index contributed by atoms with van der Waals surface area (Å²) in [6.45, 7) is 3.22.